The molecular weight excluding hydrogens is 368 g/mol. The van der Waals surface area contributed by atoms with Crippen LogP contribution in [0.3, 0.4) is 0 Å². The summed E-state index contributed by atoms with van der Waals surface area (Å²) in [4.78, 5) is 2.31. The van der Waals surface area contributed by atoms with Crippen molar-refractivity contribution in [2.45, 2.75) is 12.5 Å². The van der Waals surface area contributed by atoms with Gasteiger partial charge in [0.05, 0.1) is 23.6 Å². The molecule has 1 fully saturated rings. The first-order valence-electron chi connectivity index (χ1n) is 9.67. The van der Waals surface area contributed by atoms with Gasteiger partial charge in [-0.2, -0.15) is 15.3 Å². The zero-order valence-electron chi connectivity index (χ0n) is 16.8. The van der Waals surface area contributed by atoms with E-state index in [1.807, 2.05) is 47.8 Å². The van der Waals surface area contributed by atoms with E-state index in [1.54, 1.807) is 17.1 Å². The van der Waals surface area contributed by atoms with Crippen LogP contribution in [-0.4, -0.2) is 60.3 Å². The first kappa shape index (κ1) is 17.7. The molecule has 1 aliphatic heterocycles. The number of likely N-dealkylation sites (tertiary alicyclic amines) is 1. The number of hydrogen-bond donors (Lipinski definition) is 1. The molecule has 5 heterocycles. The summed E-state index contributed by atoms with van der Waals surface area (Å²) in [6, 6.07) is 6.63. The van der Waals surface area contributed by atoms with Crippen LogP contribution in [0.15, 0.2) is 43.0 Å². The number of rotatable bonds is 6. The van der Waals surface area contributed by atoms with Gasteiger partial charge in [0.1, 0.15) is 12.3 Å². The van der Waals surface area contributed by atoms with E-state index in [9.17, 15) is 0 Å². The van der Waals surface area contributed by atoms with E-state index in [-0.39, 0.29) is 0 Å². The Balaban J connectivity index is 1.40. The molecule has 5 rings (SSSR count). The van der Waals surface area contributed by atoms with Crippen LogP contribution in [-0.2, 0) is 14.1 Å². The van der Waals surface area contributed by atoms with Crippen molar-refractivity contribution in [1.29, 1.82) is 0 Å². The zero-order valence-corrected chi connectivity index (χ0v) is 16.8. The average molecular weight is 392 g/mol. The highest BCUT2D eigenvalue weighted by atomic mass is 16.5. The van der Waals surface area contributed by atoms with Crippen LogP contribution in [0.25, 0.3) is 16.8 Å². The highest BCUT2D eigenvalue weighted by Crippen LogP contribution is 2.31. The van der Waals surface area contributed by atoms with Crippen LogP contribution < -0.4 is 10.1 Å². The van der Waals surface area contributed by atoms with E-state index in [4.69, 9.17) is 4.74 Å². The number of nitrogens with zero attached hydrogens (tertiary/aromatic N) is 7. The van der Waals surface area contributed by atoms with Crippen molar-refractivity contribution in [3.05, 3.63) is 43.0 Å². The fraction of sp³-hybridized carbons (Fsp3) is 0.350. The molecule has 4 aromatic rings. The average Bonchev–Trinajstić information content (AvgIpc) is 3.38. The molecule has 0 aliphatic carbocycles. The topological polar surface area (TPSA) is 77.4 Å². The third-order valence-corrected chi connectivity index (χ3v) is 5.49. The quantitative estimate of drug-likeness (QED) is 0.543. The Hall–Kier alpha value is -3.33. The Morgan fingerprint density at radius 2 is 2.07 bits per heavy atom. The summed E-state index contributed by atoms with van der Waals surface area (Å²) in [7, 11) is 5.96. The molecule has 1 atom stereocenters. The molecule has 4 aromatic heterocycles. The number of pyridine rings is 1. The van der Waals surface area contributed by atoms with E-state index < -0.39 is 0 Å². The number of anilines is 2. The van der Waals surface area contributed by atoms with Gasteiger partial charge < -0.3 is 10.1 Å². The van der Waals surface area contributed by atoms with Crippen molar-refractivity contribution in [3.8, 4) is 17.0 Å². The molecular formula is C20H24N8O. The molecule has 0 spiro atoms. The number of ether oxygens (including phenoxy) is 1. The van der Waals surface area contributed by atoms with Gasteiger partial charge in [0.15, 0.2) is 11.6 Å². The van der Waals surface area contributed by atoms with Crippen LogP contribution >= 0.6 is 0 Å². The minimum Gasteiger partial charge on any atom is -0.488 e. The summed E-state index contributed by atoms with van der Waals surface area (Å²) in [5.74, 6) is 1.58. The van der Waals surface area contributed by atoms with Gasteiger partial charge in [-0.05, 0) is 32.1 Å². The minimum absolute atomic E-state index is 0.487. The second-order valence-corrected chi connectivity index (χ2v) is 7.56. The molecule has 150 valence electrons. The highest BCUT2D eigenvalue weighted by Gasteiger charge is 2.25. The molecule has 0 aromatic carbocycles. The molecule has 0 unspecified atom stereocenters. The molecule has 0 saturated carbocycles. The Bertz CT molecular complexity index is 1160. The zero-order chi connectivity index (χ0) is 20.0. The van der Waals surface area contributed by atoms with Crippen molar-refractivity contribution < 1.29 is 4.74 Å². The summed E-state index contributed by atoms with van der Waals surface area (Å²) >= 11 is 0. The van der Waals surface area contributed by atoms with E-state index in [1.165, 1.54) is 6.42 Å². The lowest BCUT2D eigenvalue weighted by atomic mass is 10.1. The fourth-order valence-corrected chi connectivity index (χ4v) is 3.65. The third kappa shape index (κ3) is 3.33. The van der Waals surface area contributed by atoms with Crippen LogP contribution in [0, 0.1) is 0 Å². The lowest BCUT2D eigenvalue weighted by Gasteiger charge is -2.37. The largest absolute Gasteiger partial charge is 0.488 e. The summed E-state index contributed by atoms with van der Waals surface area (Å²) in [5.41, 5.74) is 3.90. The van der Waals surface area contributed by atoms with Crippen molar-refractivity contribution in [3.63, 3.8) is 0 Å². The Kier molecular flexibility index (Phi) is 4.24. The molecule has 29 heavy (non-hydrogen) atoms. The standard InChI is InChI=1S/C20H24N8O/c1-25-6-5-16(25)13-29-18-11-22-27(3)20(18)14-4-7-28-17(8-14)9-19(24-28)23-15-10-21-26(2)12-15/h4,7-12,16H,5-6,13H2,1-3H3,(H,23,24)/t16-/m1/s1. The smallest absolute Gasteiger partial charge is 0.165 e. The SMILES string of the molecule is CN1CC[C@@H]1COc1cnn(C)c1-c1ccn2nc(Nc3cnn(C)c3)cc2c1. The van der Waals surface area contributed by atoms with Gasteiger partial charge in [-0.15, -0.1) is 0 Å². The maximum Gasteiger partial charge on any atom is 0.165 e. The summed E-state index contributed by atoms with van der Waals surface area (Å²) < 4.78 is 11.6. The Morgan fingerprint density at radius 3 is 2.79 bits per heavy atom. The molecule has 0 amide bonds. The van der Waals surface area contributed by atoms with Crippen molar-refractivity contribution in [2.24, 2.45) is 14.1 Å². The lowest BCUT2D eigenvalue weighted by molar-refractivity contribution is 0.0771. The fourth-order valence-electron chi connectivity index (χ4n) is 3.65. The van der Waals surface area contributed by atoms with Crippen LogP contribution in [0.5, 0.6) is 5.75 Å². The van der Waals surface area contributed by atoms with Gasteiger partial charge in [-0.1, -0.05) is 0 Å². The number of likely N-dealkylation sites (N-methyl/N-ethyl adjacent to an activating group) is 1. The molecule has 0 bridgehead atoms. The van der Waals surface area contributed by atoms with Crippen LogP contribution in [0.4, 0.5) is 11.5 Å². The van der Waals surface area contributed by atoms with Crippen LogP contribution in [0.1, 0.15) is 6.42 Å². The normalized spacial score (nSPS) is 16.9. The molecule has 9 nitrogen and oxygen atoms in total. The molecule has 0 radical (unpaired) electrons. The first-order valence-corrected chi connectivity index (χ1v) is 9.67. The van der Waals surface area contributed by atoms with Crippen molar-refractivity contribution >= 4 is 17.0 Å². The van der Waals surface area contributed by atoms with E-state index in [0.29, 0.717) is 12.6 Å². The van der Waals surface area contributed by atoms with Gasteiger partial charge >= 0.3 is 0 Å². The number of nitrogens with one attached hydrogen (secondary N) is 1. The molecule has 1 saturated heterocycles. The summed E-state index contributed by atoms with van der Waals surface area (Å²) in [5, 5.41) is 16.4. The number of aromatic nitrogens is 6. The van der Waals surface area contributed by atoms with E-state index in [2.05, 4.69) is 38.6 Å². The molecule has 1 N–H and O–H groups in total. The maximum absolute atomic E-state index is 6.12. The van der Waals surface area contributed by atoms with E-state index >= 15 is 0 Å². The minimum atomic E-state index is 0.487. The number of fused-ring (bicyclic) bond motifs is 1. The predicted octanol–water partition coefficient (Wildman–Crippen LogP) is 2.29. The molecule has 9 heteroatoms. The van der Waals surface area contributed by atoms with Gasteiger partial charge in [0.2, 0.25) is 0 Å². The summed E-state index contributed by atoms with van der Waals surface area (Å²) in [6.45, 7) is 1.82. The van der Waals surface area contributed by atoms with Crippen molar-refractivity contribution in [2.75, 3.05) is 25.5 Å². The second-order valence-electron chi connectivity index (χ2n) is 7.56. The highest BCUT2D eigenvalue weighted by molar-refractivity contribution is 5.72. The second kappa shape index (κ2) is 6.93. The van der Waals surface area contributed by atoms with Crippen LogP contribution in [0.2, 0.25) is 0 Å². The number of hydrogen-bond acceptors (Lipinski definition) is 6. The lowest BCUT2D eigenvalue weighted by Crippen LogP contribution is -2.48. The Morgan fingerprint density at radius 1 is 1.17 bits per heavy atom. The summed E-state index contributed by atoms with van der Waals surface area (Å²) in [6.07, 6.45) is 8.61. The van der Waals surface area contributed by atoms with Gasteiger partial charge in [0, 0.05) is 44.2 Å². The number of aryl methyl sites for hydroxylation is 2. The Labute approximate surface area is 168 Å². The first-order chi connectivity index (χ1) is 14.1. The van der Waals surface area contributed by atoms with Crippen molar-refractivity contribution in [1.82, 2.24) is 34.1 Å². The van der Waals surface area contributed by atoms with Gasteiger partial charge in [-0.3, -0.25) is 14.3 Å². The van der Waals surface area contributed by atoms with Gasteiger partial charge in [0.25, 0.3) is 0 Å². The third-order valence-electron chi connectivity index (χ3n) is 5.49. The monoisotopic (exact) mass is 392 g/mol. The predicted molar refractivity (Wildman–Crippen MR) is 110 cm³/mol. The maximum atomic E-state index is 6.12. The molecule has 1 aliphatic rings. The van der Waals surface area contributed by atoms with E-state index in [0.717, 1.165) is 40.6 Å². The van der Waals surface area contributed by atoms with Gasteiger partial charge in [-0.25, -0.2) is 4.52 Å².